The molecule has 174 valence electrons. The number of fused-ring (bicyclic) bond motifs is 1. The van der Waals surface area contributed by atoms with Crippen molar-refractivity contribution in [2.24, 2.45) is 0 Å². The van der Waals surface area contributed by atoms with Crippen molar-refractivity contribution in [3.63, 3.8) is 0 Å². The molecule has 3 aromatic rings. The number of aliphatic hydroxyl groups is 1. The van der Waals surface area contributed by atoms with Crippen molar-refractivity contribution in [1.29, 1.82) is 0 Å². The predicted molar refractivity (Wildman–Crippen MR) is 123 cm³/mol. The standard InChI is InChI=1S/C23H25N3O6S/c1-23(22(28)25-29,33(2,30)31)11-12-26-16-19-15-18(7-10-21(19)24-26)4-3-17-5-8-20(9-6-17)32-14-13-27/h5-10,15-16,27,29H,11-14H2,1-2H3,(H,25,28)/t23-/m1/s1. The number of nitrogens with one attached hydrogen (secondary N) is 1. The van der Waals surface area contributed by atoms with Crippen molar-refractivity contribution in [1.82, 2.24) is 15.3 Å². The molecule has 9 nitrogen and oxygen atoms in total. The first-order chi connectivity index (χ1) is 15.7. The summed E-state index contributed by atoms with van der Waals surface area (Å²) in [6.45, 7) is 1.63. The summed E-state index contributed by atoms with van der Waals surface area (Å²) in [6, 6.07) is 12.8. The number of amides is 1. The number of carbonyl (C=O) groups excluding carboxylic acids is 1. The Hall–Kier alpha value is -3.39. The summed E-state index contributed by atoms with van der Waals surface area (Å²) in [6.07, 6.45) is 2.66. The average Bonchev–Trinajstić information content (AvgIpc) is 3.21. The van der Waals surface area contributed by atoms with Crippen LogP contribution in [0.25, 0.3) is 10.9 Å². The molecule has 0 aliphatic carbocycles. The van der Waals surface area contributed by atoms with Crippen LogP contribution in [0, 0.1) is 11.8 Å². The van der Waals surface area contributed by atoms with E-state index in [1.54, 1.807) is 23.0 Å². The highest BCUT2D eigenvalue weighted by Crippen LogP contribution is 2.23. The Morgan fingerprint density at radius 3 is 2.48 bits per heavy atom. The van der Waals surface area contributed by atoms with Crippen LogP contribution < -0.4 is 10.2 Å². The lowest BCUT2D eigenvalue weighted by Gasteiger charge is -2.24. The Morgan fingerprint density at radius 2 is 1.85 bits per heavy atom. The second-order valence-corrected chi connectivity index (χ2v) is 10.2. The summed E-state index contributed by atoms with van der Waals surface area (Å²) in [5.74, 6) is 5.85. The van der Waals surface area contributed by atoms with E-state index in [9.17, 15) is 13.2 Å². The number of hydrogen-bond donors (Lipinski definition) is 3. The number of hydroxylamine groups is 1. The van der Waals surface area contributed by atoms with Crippen LogP contribution in [0.1, 0.15) is 24.5 Å². The smallest absolute Gasteiger partial charge is 0.264 e. The Labute approximate surface area is 191 Å². The molecule has 33 heavy (non-hydrogen) atoms. The van der Waals surface area contributed by atoms with Crippen molar-refractivity contribution in [3.8, 4) is 17.6 Å². The fourth-order valence-corrected chi connectivity index (χ4v) is 3.97. The van der Waals surface area contributed by atoms with Crippen molar-refractivity contribution >= 4 is 26.6 Å². The van der Waals surface area contributed by atoms with Crippen LogP contribution >= 0.6 is 0 Å². The normalized spacial score (nSPS) is 13.1. The van der Waals surface area contributed by atoms with Gasteiger partial charge in [0.05, 0.1) is 12.1 Å². The van der Waals surface area contributed by atoms with Crippen molar-refractivity contribution in [2.45, 2.75) is 24.6 Å². The minimum absolute atomic E-state index is 0.0460. The van der Waals surface area contributed by atoms with Crippen LogP contribution in [-0.4, -0.2) is 58.6 Å². The molecule has 0 unspecified atom stereocenters. The van der Waals surface area contributed by atoms with Gasteiger partial charge in [-0.2, -0.15) is 5.10 Å². The number of aryl methyl sites for hydroxylation is 1. The van der Waals surface area contributed by atoms with Gasteiger partial charge in [0.25, 0.3) is 5.91 Å². The minimum Gasteiger partial charge on any atom is -0.491 e. The van der Waals surface area contributed by atoms with E-state index in [-0.39, 0.29) is 26.2 Å². The van der Waals surface area contributed by atoms with Crippen molar-refractivity contribution in [2.75, 3.05) is 19.5 Å². The number of nitrogens with zero attached hydrogens (tertiary/aromatic N) is 2. The topological polar surface area (TPSA) is 131 Å². The molecule has 0 fully saturated rings. The van der Waals surface area contributed by atoms with Crippen LogP contribution in [0.3, 0.4) is 0 Å². The summed E-state index contributed by atoms with van der Waals surface area (Å²) in [5.41, 5.74) is 3.74. The van der Waals surface area contributed by atoms with Crippen LogP contribution in [-0.2, 0) is 21.2 Å². The molecule has 0 radical (unpaired) electrons. The van der Waals surface area contributed by atoms with Gasteiger partial charge in [-0.25, -0.2) is 13.9 Å². The Bertz CT molecular complexity index is 1310. The van der Waals surface area contributed by atoms with Gasteiger partial charge < -0.3 is 9.84 Å². The quantitative estimate of drug-likeness (QED) is 0.258. The van der Waals surface area contributed by atoms with Gasteiger partial charge in [0.15, 0.2) is 14.6 Å². The molecule has 2 aromatic carbocycles. The fraction of sp³-hybridized carbons (Fsp3) is 0.304. The van der Waals surface area contributed by atoms with Gasteiger partial charge >= 0.3 is 0 Å². The number of ether oxygens (including phenoxy) is 1. The molecule has 1 heterocycles. The molecule has 0 aliphatic heterocycles. The van der Waals surface area contributed by atoms with Crippen LogP contribution in [0.4, 0.5) is 0 Å². The first kappa shape index (κ1) is 24.3. The molecule has 0 aliphatic rings. The third kappa shape index (κ3) is 5.70. The largest absolute Gasteiger partial charge is 0.491 e. The third-order valence-electron chi connectivity index (χ3n) is 5.34. The fourth-order valence-electron chi connectivity index (χ4n) is 3.12. The number of carbonyl (C=O) groups is 1. The summed E-state index contributed by atoms with van der Waals surface area (Å²) < 4.78 is 29.3. The summed E-state index contributed by atoms with van der Waals surface area (Å²) >= 11 is 0. The molecule has 0 saturated carbocycles. The SMILES string of the molecule is C[C@@](CCn1cc2cc(C#Cc3ccc(OCCO)cc3)ccc2n1)(C(=O)NO)S(C)(=O)=O. The van der Waals surface area contributed by atoms with Crippen molar-refractivity contribution in [3.05, 3.63) is 59.8 Å². The molecule has 1 amide bonds. The molecule has 0 saturated heterocycles. The van der Waals surface area contributed by atoms with E-state index in [4.69, 9.17) is 15.1 Å². The maximum absolute atomic E-state index is 12.1. The number of hydrogen-bond acceptors (Lipinski definition) is 7. The summed E-state index contributed by atoms with van der Waals surface area (Å²) in [4.78, 5) is 12.0. The lowest BCUT2D eigenvalue weighted by atomic mass is 10.1. The molecule has 0 spiro atoms. The zero-order valence-electron chi connectivity index (χ0n) is 18.3. The molecule has 3 rings (SSSR count). The molecule has 1 atom stereocenters. The van der Waals surface area contributed by atoms with E-state index in [1.165, 1.54) is 12.4 Å². The lowest BCUT2D eigenvalue weighted by Crippen LogP contribution is -2.49. The highest BCUT2D eigenvalue weighted by molar-refractivity contribution is 7.92. The second kappa shape index (κ2) is 10.0. The zero-order chi connectivity index (χ0) is 24.1. The maximum Gasteiger partial charge on any atom is 0.264 e. The van der Waals surface area contributed by atoms with Gasteiger partial charge in [0.2, 0.25) is 0 Å². The first-order valence-corrected chi connectivity index (χ1v) is 12.0. The molecule has 0 bridgehead atoms. The average molecular weight is 472 g/mol. The van der Waals surface area contributed by atoms with Gasteiger partial charge in [0, 0.05) is 35.5 Å². The number of aromatic nitrogens is 2. The van der Waals surface area contributed by atoms with E-state index >= 15 is 0 Å². The van der Waals surface area contributed by atoms with Crippen LogP contribution in [0.15, 0.2) is 48.7 Å². The van der Waals surface area contributed by atoms with Gasteiger partial charge in [-0.1, -0.05) is 11.8 Å². The van der Waals surface area contributed by atoms with E-state index in [0.717, 1.165) is 22.8 Å². The van der Waals surface area contributed by atoms with Gasteiger partial charge in [-0.3, -0.25) is 14.7 Å². The molecular weight excluding hydrogens is 446 g/mol. The lowest BCUT2D eigenvalue weighted by molar-refractivity contribution is -0.131. The predicted octanol–water partition coefficient (Wildman–Crippen LogP) is 1.51. The van der Waals surface area contributed by atoms with Gasteiger partial charge in [-0.05, 0) is 55.8 Å². The Morgan fingerprint density at radius 1 is 1.18 bits per heavy atom. The Balaban J connectivity index is 1.75. The van der Waals surface area contributed by atoms with E-state index < -0.39 is 20.5 Å². The number of rotatable bonds is 8. The zero-order valence-corrected chi connectivity index (χ0v) is 19.1. The molecular formula is C23H25N3O6S. The highest BCUT2D eigenvalue weighted by atomic mass is 32.2. The Kier molecular flexibility index (Phi) is 7.38. The van der Waals surface area contributed by atoms with Gasteiger partial charge in [-0.15, -0.1) is 0 Å². The summed E-state index contributed by atoms with van der Waals surface area (Å²) in [7, 11) is -3.77. The molecule has 10 heteroatoms. The third-order valence-corrected chi connectivity index (χ3v) is 7.36. The maximum atomic E-state index is 12.1. The summed E-state index contributed by atoms with van der Waals surface area (Å²) in [5, 5.41) is 23.0. The van der Waals surface area contributed by atoms with Gasteiger partial charge in [0.1, 0.15) is 12.4 Å². The van der Waals surface area contributed by atoms with Crippen molar-refractivity contribution < 1.29 is 28.3 Å². The van der Waals surface area contributed by atoms with Crippen LogP contribution in [0.5, 0.6) is 5.75 Å². The van der Waals surface area contributed by atoms with Crippen LogP contribution in [0.2, 0.25) is 0 Å². The number of benzene rings is 2. The van der Waals surface area contributed by atoms with E-state index in [1.807, 2.05) is 30.3 Å². The number of sulfone groups is 1. The monoisotopic (exact) mass is 471 g/mol. The minimum atomic E-state index is -3.77. The van der Waals surface area contributed by atoms with E-state index in [0.29, 0.717) is 11.3 Å². The molecule has 3 N–H and O–H groups in total. The molecule has 1 aromatic heterocycles. The van der Waals surface area contributed by atoms with E-state index in [2.05, 4.69) is 16.9 Å². The highest BCUT2D eigenvalue weighted by Gasteiger charge is 2.43. The number of aliphatic hydroxyl groups excluding tert-OH is 1. The second-order valence-electron chi connectivity index (χ2n) is 7.71. The first-order valence-electron chi connectivity index (χ1n) is 10.1.